The zero-order valence-corrected chi connectivity index (χ0v) is 11.6. The van der Waals surface area contributed by atoms with E-state index in [1.165, 1.54) is 12.3 Å². The number of hydrogen-bond acceptors (Lipinski definition) is 3. The van der Waals surface area contributed by atoms with E-state index in [1.54, 1.807) is 12.1 Å². The SMILES string of the molecule is O=C(CSc1ccc(F)cc1F)Nc1cccnc1Cl. The number of carbonyl (C=O) groups is 1. The molecule has 1 N–H and O–H groups in total. The fourth-order valence-electron chi connectivity index (χ4n) is 1.40. The number of carbonyl (C=O) groups excluding carboxylic acids is 1. The third kappa shape index (κ3) is 3.91. The third-order valence-electron chi connectivity index (χ3n) is 2.29. The quantitative estimate of drug-likeness (QED) is 0.690. The van der Waals surface area contributed by atoms with Gasteiger partial charge < -0.3 is 5.32 Å². The van der Waals surface area contributed by atoms with Crippen LogP contribution in [0.5, 0.6) is 0 Å². The van der Waals surface area contributed by atoms with Crippen LogP contribution in [0.1, 0.15) is 0 Å². The predicted molar refractivity (Wildman–Crippen MR) is 75.0 cm³/mol. The van der Waals surface area contributed by atoms with Crippen LogP contribution in [0, 0.1) is 11.6 Å². The zero-order chi connectivity index (χ0) is 14.5. The number of halogens is 3. The summed E-state index contributed by atoms with van der Waals surface area (Å²) >= 11 is 6.77. The van der Waals surface area contributed by atoms with Gasteiger partial charge in [0.15, 0.2) is 5.15 Å². The Morgan fingerprint density at radius 3 is 2.85 bits per heavy atom. The molecule has 1 aromatic carbocycles. The fourth-order valence-corrected chi connectivity index (χ4v) is 2.29. The van der Waals surface area contributed by atoms with Gasteiger partial charge in [-0.1, -0.05) is 11.6 Å². The normalized spacial score (nSPS) is 10.3. The Bertz CT molecular complexity index is 640. The molecule has 0 atom stereocenters. The highest BCUT2D eigenvalue weighted by atomic mass is 35.5. The summed E-state index contributed by atoms with van der Waals surface area (Å²) in [5.41, 5.74) is 0.388. The van der Waals surface area contributed by atoms with Crippen molar-refractivity contribution in [2.45, 2.75) is 4.90 Å². The van der Waals surface area contributed by atoms with Gasteiger partial charge in [0.1, 0.15) is 11.6 Å². The van der Waals surface area contributed by atoms with Gasteiger partial charge in [0.2, 0.25) is 5.91 Å². The monoisotopic (exact) mass is 314 g/mol. The van der Waals surface area contributed by atoms with Crippen LogP contribution in [0.4, 0.5) is 14.5 Å². The summed E-state index contributed by atoms with van der Waals surface area (Å²) in [6, 6.07) is 6.45. The molecule has 1 amide bonds. The molecule has 7 heteroatoms. The lowest BCUT2D eigenvalue weighted by Gasteiger charge is -2.06. The average Bonchev–Trinajstić information content (AvgIpc) is 2.40. The first-order valence-electron chi connectivity index (χ1n) is 5.54. The van der Waals surface area contributed by atoms with Crippen molar-refractivity contribution in [1.82, 2.24) is 4.98 Å². The highest BCUT2D eigenvalue weighted by Crippen LogP contribution is 2.23. The second-order valence-corrected chi connectivity index (χ2v) is 5.13. The third-order valence-corrected chi connectivity index (χ3v) is 3.64. The summed E-state index contributed by atoms with van der Waals surface area (Å²) in [7, 11) is 0. The van der Waals surface area contributed by atoms with Crippen molar-refractivity contribution in [2.24, 2.45) is 0 Å². The number of benzene rings is 1. The second kappa shape index (κ2) is 6.67. The van der Waals surface area contributed by atoms with Crippen molar-refractivity contribution in [3.05, 3.63) is 53.3 Å². The number of rotatable bonds is 4. The number of aromatic nitrogens is 1. The number of amides is 1. The van der Waals surface area contributed by atoms with E-state index >= 15 is 0 Å². The summed E-state index contributed by atoms with van der Waals surface area (Å²) in [5.74, 6) is -1.72. The van der Waals surface area contributed by atoms with E-state index in [0.717, 1.165) is 23.9 Å². The number of nitrogens with one attached hydrogen (secondary N) is 1. The number of anilines is 1. The largest absolute Gasteiger partial charge is 0.323 e. The molecule has 0 aliphatic heterocycles. The van der Waals surface area contributed by atoms with Crippen LogP contribution in [0.2, 0.25) is 5.15 Å². The molecule has 0 bridgehead atoms. The highest BCUT2D eigenvalue weighted by molar-refractivity contribution is 8.00. The maximum Gasteiger partial charge on any atom is 0.234 e. The van der Waals surface area contributed by atoms with Crippen molar-refractivity contribution in [3.63, 3.8) is 0 Å². The highest BCUT2D eigenvalue weighted by Gasteiger charge is 2.09. The molecular formula is C13H9ClF2N2OS. The van der Waals surface area contributed by atoms with Crippen LogP contribution in [0.25, 0.3) is 0 Å². The van der Waals surface area contributed by atoms with Crippen molar-refractivity contribution >= 4 is 35.0 Å². The summed E-state index contributed by atoms with van der Waals surface area (Å²) in [4.78, 5) is 15.7. The van der Waals surface area contributed by atoms with Crippen LogP contribution in [0.3, 0.4) is 0 Å². The summed E-state index contributed by atoms with van der Waals surface area (Å²) in [6.45, 7) is 0. The minimum Gasteiger partial charge on any atom is -0.323 e. The molecule has 1 aromatic heterocycles. The maximum absolute atomic E-state index is 13.4. The van der Waals surface area contributed by atoms with Crippen molar-refractivity contribution in [3.8, 4) is 0 Å². The summed E-state index contributed by atoms with van der Waals surface area (Å²) < 4.78 is 26.1. The Hall–Kier alpha value is -1.66. The summed E-state index contributed by atoms with van der Waals surface area (Å²) in [5, 5.41) is 2.74. The number of thioether (sulfide) groups is 1. The lowest BCUT2D eigenvalue weighted by atomic mass is 10.3. The Labute approximate surface area is 123 Å². The Morgan fingerprint density at radius 2 is 2.15 bits per heavy atom. The number of pyridine rings is 1. The standard InChI is InChI=1S/C13H9ClF2N2OS/c14-13-10(2-1-5-17-13)18-12(19)7-20-11-4-3-8(15)6-9(11)16/h1-6H,7H2,(H,18,19). The molecule has 0 aliphatic rings. The molecule has 0 spiro atoms. The molecule has 3 nitrogen and oxygen atoms in total. The average molecular weight is 315 g/mol. The summed E-state index contributed by atoms with van der Waals surface area (Å²) in [6.07, 6.45) is 1.50. The molecule has 2 aromatic rings. The molecule has 0 aliphatic carbocycles. The van der Waals surface area contributed by atoms with E-state index in [1.807, 2.05) is 0 Å². The predicted octanol–water partition coefficient (Wildman–Crippen LogP) is 3.74. The first-order chi connectivity index (χ1) is 9.56. The van der Waals surface area contributed by atoms with Gasteiger partial charge in [-0.05, 0) is 24.3 Å². The Kier molecular flexibility index (Phi) is 4.92. The molecule has 104 valence electrons. The van der Waals surface area contributed by atoms with Crippen molar-refractivity contribution in [2.75, 3.05) is 11.1 Å². The van der Waals surface area contributed by atoms with Crippen LogP contribution >= 0.6 is 23.4 Å². The molecular weight excluding hydrogens is 306 g/mol. The molecule has 1 heterocycles. The van der Waals surface area contributed by atoms with E-state index in [4.69, 9.17) is 11.6 Å². The minimum atomic E-state index is -0.692. The van der Waals surface area contributed by atoms with Gasteiger partial charge in [-0.2, -0.15) is 0 Å². The molecule has 20 heavy (non-hydrogen) atoms. The van der Waals surface area contributed by atoms with E-state index in [0.29, 0.717) is 5.69 Å². The van der Waals surface area contributed by atoms with Gasteiger partial charge in [0.05, 0.1) is 11.4 Å². The van der Waals surface area contributed by atoms with E-state index in [9.17, 15) is 13.6 Å². The zero-order valence-electron chi connectivity index (χ0n) is 10.1. The van der Waals surface area contributed by atoms with Gasteiger partial charge in [-0.25, -0.2) is 13.8 Å². The van der Waals surface area contributed by atoms with Gasteiger partial charge in [0, 0.05) is 17.2 Å². The van der Waals surface area contributed by atoms with Crippen LogP contribution in [-0.2, 0) is 4.79 Å². The van der Waals surface area contributed by atoms with Crippen molar-refractivity contribution in [1.29, 1.82) is 0 Å². The first-order valence-corrected chi connectivity index (χ1v) is 6.91. The fraction of sp³-hybridized carbons (Fsp3) is 0.0769. The second-order valence-electron chi connectivity index (χ2n) is 3.75. The number of nitrogens with zero attached hydrogens (tertiary/aromatic N) is 1. The lowest BCUT2D eigenvalue weighted by Crippen LogP contribution is -2.14. The topological polar surface area (TPSA) is 42.0 Å². The minimum absolute atomic E-state index is 0.0201. The van der Waals surface area contributed by atoms with E-state index < -0.39 is 11.6 Å². The smallest absolute Gasteiger partial charge is 0.234 e. The van der Waals surface area contributed by atoms with Crippen LogP contribution in [0.15, 0.2) is 41.4 Å². The Morgan fingerprint density at radius 1 is 1.35 bits per heavy atom. The number of hydrogen-bond donors (Lipinski definition) is 1. The van der Waals surface area contributed by atoms with E-state index in [2.05, 4.69) is 10.3 Å². The molecule has 2 rings (SSSR count). The van der Waals surface area contributed by atoms with Gasteiger partial charge in [0.25, 0.3) is 0 Å². The maximum atomic E-state index is 13.4. The molecule has 0 saturated heterocycles. The van der Waals surface area contributed by atoms with Gasteiger partial charge in [-0.3, -0.25) is 4.79 Å². The van der Waals surface area contributed by atoms with Crippen molar-refractivity contribution < 1.29 is 13.6 Å². The van der Waals surface area contributed by atoms with Crippen LogP contribution < -0.4 is 5.32 Å². The van der Waals surface area contributed by atoms with Gasteiger partial charge >= 0.3 is 0 Å². The van der Waals surface area contributed by atoms with Gasteiger partial charge in [-0.15, -0.1) is 11.8 Å². The Balaban J connectivity index is 1.94. The molecule has 0 fully saturated rings. The van der Waals surface area contributed by atoms with E-state index in [-0.39, 0.29) is 21.7 Å². The molecule has 0 radical (unpaired) electrons. The molecule has 0 saturated carbocycles. The molecule has 0 unspecified atom stereocenters. The van der Waals surface area contributed by atoms with Crippen LogP contribution in [-0.4, -0.2) is 16.6 Å². The first kappa shape index (κ1) is 14.7. The lowest BCUT2D eigenvalue weighted by molar-refractivity contribution is -0.113.